The van der Waals surface area contributed by atoms with E-state index in [2.05, 4.69) is 0 Å². The average Bonchev–Trinajstić information content (AvgIpc) is 2.65. The highest BCUT2D eigenvalue weighted by atomic mass is 32.2. The van der Waals surface area contributed by atoms with Gasteiger partial charge in [0.05, 0.1) is 11.4 Å². The zero-order valence-corrected chi connectivity index (χ0v) is 10.5. The summed E-state index contributed by atoms with van der Waals surface area (Å²) in [6.07, 6.45) is -0.337. The van der Waals surface area contributed by atoms with E-state index >= 15 is 0 Å². The fourth-order valence-electron chi connectivity index (χ4n) is 1.92. The number of carbonyl (C=O) groups excluding carboxylic acids is 1. The molecule has 1 saturated heterocycles. The smallest absolute Gasteiger partial charge is 0.228 e. The third-order valence-electron chi connectivity index (χ3n) is 2.92. The lowest BCUT2D eigenvalue weighted by Gasteiger charge is -2.18. The van der Waals surface area contributed by atoms with E-state index in [1.165, 1.54) is 0 Å². The highest BCUT2D eigenvalue weighted by molar-refractivity contribution is 7.89. The van der Waals surface area contributed by atoms with Crippen molar-refractivity contribution in [3.8, 4) is 0 Å². The summed E-state index contributed by atoms with van der Waals surface area (Å²) in [4.78, 5) is 12.6. The van der Waals surface area contributed by atoms with Crippen molar-refractivity contribution >= 4 is 27.3 Å². The predicted octanol–water partition coefficient (Wildman–Crippen LogP) is -0.0592. The van der Waals surface area contributed by atoms with Crippen LogP contribution in [0.5, 0.6) is 0 Å². The van der Waals surface area contributed by atoms with E-state index < -0.39 is 38.5 Å². The molecule has 0 bridgehead atoms. The first-order valence-corrected chi connectivity index (χ1v) is 6.87. The molecule has 1 aromatic rings. The number of primary sulfonamides is 1. The van der Waals surface area contributed by atoms with Crippen molar-refractivity contribution in [3.63, 3.8) is 0 Å². The zero-order valence-electron chi connectivity index (χ0n) is 9.64. The number of hydrogen-bond donors (Lipinski definition) is 2. The van der Waals surface area contributed by atoms with Gasteiger partial charge < -0.3 is 10.6 Å². The van der Waals surface area contributed by atoms with Crippen molar-refractivity contribution in [2.75, 3.05) is 17.2 Å². The lowest BCUT2D eigenvalue weighted by molar-refractivity contribution is -0.117. The molecule has 6 nitrogen and oxygen atoms in total. The summed E-state index contributed by atoms with van der Waals surface area (Å²) in [7, 11) is -3.90. The molecule has 1 aromatic carbocycles. The zero-order chi connectivity index (χ0) is 14.4. The Balaban J connectivity index is 2.41. The van der Waals surface area contributed by atoms with E-state index in [4.69, 9.17) is 10.9 Å². The Morgan fingerprint density at radius 3 is 2.47 bits per heavy atom. The fourth-order valence-corrected chi connectivity index (χ4v) is 2.65. The second-order valence-electron chi connectivity index (χ2n) is 4.24. The van der Waals surface area contributed by atoms with Gasteiger partial charge in [-0.2, -0.15) is 0 Å². The number of anilines is 2. The van der Waals surface area contributed by atoms with Gasteiger partial charge in [0.15, 0.2) is 5.82 Å². The average molecular weight is 291 g/mol. The van der Waals surface area contributed by atoms with Crippen LogP contribution in [-0.2, 0) is 14.8 Å². The molecule has 1 atom stereocenters. The lowest BCUT2D eigenvalue weighted by Crippen LogP contribution is -2.32. The third kappa shape index (κ3) is 2.51. The second-order valence-corrected chi connectivity index (χ2v) is 6.08. The molecule has 4 N–H and O–H groups in total. The number of nitrogens with two attached hydrogens (primary N) is 2. The maximum atomic E-state index is 13.3. The van der Waals surface area contributed by atoms with Crippen LogP contribution in [-0.4, -0.2) is 26.1 Å². The highest BCUT2D eigenvalue weighted by Gasteiger charge is 2.38. The van der Waals surface area contributed by atoms with E-state index in [9.17, 15) is 22.0 Å². The number of hydrogen-bond acceptors (Lipinski definition) is 4. The Hall–Kier alpha value is -1.74. The summed E-state index contributed by atoms with van der Waals surface area (Å²) in [6, 6.07) is 1.46. The van der Waals surface area contributed by atoms with Gasteiger partial charge in [-0.15, -0.1) is 0 Å². The number of halogens is 2. The number of sulfonamides is 1. The molecule has 1 aliphatic heterocycles. The normalized spacial score (nSPS) is 20.1. The molecule has 1 fully saturated rings. The van der Waals surface area contributed by atoms with Crippen LogP contribution < -0.4 is 15.8 Å². The van der Waals surface area contributed by atoms with Gasteiger partial charge in [0.2, 0.25) is 15.9 Å². The molecule has 2 rings (SSSR count). The summed E-state index contributed by atoms with van der Waals surface area (Å²) in [5.41, 5.74) is 4.83. The first-order valence-electron chi connectivity index (χ1n) is 5.26. The molecule has 0 radical (unpaired) electrons. The topological polar surface area (TPSA) is 106 Å². The largest absolute Gasteiger partial charge is 0.395 e. The number of nitrogen functional groups attached to an aromatic ring is 1. The molecule has 0 spiro atoms. The first kappa shape index (κ1) is 13.7. The van der Waals surface area contributed by atoms with Crippen molar-refractivity contribution in [2.24, 2.45) is 5.14 Å². The van der Waals surface area contributed by atoms with Crippen molar-refractivity contribution in [2.45, 2.75) is 11.7 Å². The van der Waals surface area contributed by atoms with Crippen LogP contribution in [0.25, 0.3) is 0 Å². The van der Waals surface area contributed by atoms with Crippen LogP contribution >= 0.6 is 0 Å². The lowest BCUT2D eigenvalue weighted by atomic mass is 10.2. The maximum absolute atomic E-state index is 13.3. The number of nitrogens with zero attached hydrogens (tertiary/aromatic N) is 1. The van der Waals surface area contributed by atoms with Gasteiger partial charge in [-0.05, 0) is 6.07 Å². The van der Waals surface area contributed by atoms with Crippen LogP contribution in [0.15, 0.2) is 12.1 Å². The van der Waals surface area contributed by atoms with Gasteiger partial charge in [0, 0.05) is 19.0 Å². The summed E-state index contributed by atoms with van der Waals surface area (Å²) in [5, 5.41) is 3.85. The highest BCUT2D eigenvalue weighted by Crippen LogP contribution is 2.31. The predicted molar refractivity (Wildman–Crippen MR) is 64.6 cm³/mol. The van der Waals surface area contributed by atoms with Crippen LogP contribution in [0.4, 0.5) is 20.2 Å². The summed E-state index contributed by atoms with van der Waals surface area (Å²) >= 11 is 0. The Bertz CT molecular complexity index is 648. The van der Waals surface area contributed by atoms with Crippen LogP contribution in [0.3, 0.4) is 0 Å². The Morgan fingerprint density at radius 2 is 1.95 bits per heavy atom. The molecule has 1 aliphatic rings. The first-order chi connectivity index (χ1) is 8.70. The monoisotopic (exact) mass is 291 g/mol. The molecule has 9 heteroatoms. The Morgan fingerprint density at radius 1 is 1.32 bits per heavy atom. The van der Waals surface area contributed by atoms with Gasteiger partial charge in [0.1, 0.15) is 11.1 Å². The minimum absolute atomic E-state index is 0.186. The minimum atomic E-state index is -3.90. The molecule has 0 saturated carbocycles. The van der Waals surface area contributed by atoms with Crippen LogP contribution in [0, 0.1) is 11.6 Å². The van der Waals surface area contributed by atoms with E-state index in [1.807, 2.05) is 0 Å². The molecule has 1 heterocycles. The number of benzene rings is 1. The summed E-state index contributed by atoms with van der Waals surface area (Å²) in [5.74, 6) is -2.52. The van der Waals surface area contributed by atoms with Crippen LogP contribution in [0.1, 0.15) is 6.42 Å². The SMILES string of the molecule is Nc1c(F)cc(F)cc1N1CC(S(N)(=O)=O)CC1=O. The van der Waals surface area contributed by atoms with Crippen molar-refractivity contribution < 1.29 is 22.0 Å². The van der Waals surface area contributed by atoms with Crippen molar-refractivity contribution in [3.05, 3.63) is 23.8 Å². The summed E-state index contributed by atoms with van der Waals surface area (Å²) in [6.45, 7) is -0.273. The molecular formula is C10H11F2N3O3S. The molecule has 0 aliphatic carbocycles. The van der Waals surface area contributed by atoms with Crippen molar-refractivity contribution in [1.82, 2.24) is 0 Å². The molecule has 1 unspecified atom stereocenters. The molecule has 1 amide bonds. The van der Waals surface area contributed by atoms with E-state index in [1.54, 1.807) is 0 Å². The molecule has 0 aromatic heterocycles. The number of carbonyl (C=O) groups is 1. The number of amides is 1. The van der Waals surface area contributed by atoms with E-state index in [0.29, 0.717) is 6.07 Å². The second kappa shape index (κ2) is 4.42. The molecular weight excluding hydrogens is 280 g/mol. The summed E-state index contributed by atoms with van der Waals surface area (Å²) < 4.78 is 48.8. The Kier molecular flexibility index (Phi) is 3.19. The van der Waals surface area contributed by atoms with E-state index in [-0.39, 0.29) is 18.7 Å². The van der Waals surface area contributed by atoms with Crippen LogP contribution in [0.2, 0.25) is 0 Å². The van der Waals surface area contributed by atoms with Gasteiger partial charge in [0.25, 0.3) is 0 Å². The van der Waals surface area contributed by atoms with Gasteiger partial charge in [-0.25, -0.2) is 22.3 Å². The minimum Gasteiger partial charge on any atom is -0.395 e. The molecule has 104 valence electrons. The van der Waals surface area contributed by atoms with Gasteiger partial charge in [-0.3, -0.25) is 4.79 Å². The maximum Gasteiger partial charge on any atom is 0.228 e. The third-order valence-corrected chi connectivity index (χ3v) is 4.16. The van der Waals surface area contributed by atoms with Gasteiger partial charge >= 0.3 is 0 Å². The number of rotatable bonds is 2. The Labute approximate surface area is 108 Å². The van der Waals surface area contributed by atoms with Crippen molar-refractivity contribution in [1.29, 1.82) is 0 Å². The van der Waals surface area contributed by atoms with Gasteiger partial charge in [-0.1, -0.05) is 0 Å². The standard InChI is InChI=1S/C10H11F2N3O3S/c11-5-1-7(12)10(13)8(2-5)15-4-6(3-9(15)16)19(14,17)18/h1-2,6H,3-4,13H2,(H2,14,17,18). The molecule has 19 heavy (non-hydrogen) atoms. The quantitative estimate of drug-likeness (QED) is 0.744. The van der Waals surface area contributed by atoms with E-state index in [0.717, 1.165) is 11.0 Å². The fraction of sp³-hybridized carbons (Fsp3) is 0.300.